The van der Waals surface area contributed by atoms with E-state index in [1.54, 1.807) is 0 Å². The van der Waals surface area contributed by atoms with Crippen LogP contribution in [0, 0.1) is 0 Å². The first-order chi connectivity index (χ1) is 9.22. The molecule has 1 N–H and O–H groups in total. The molecule has 1 amide bonds. The number of nitrogens with one attached hydrogen (secondary N) is 1. The predicted octanol–water partition coefficient (Wildman–Crippen LogP) is 3.84. The van der Waals surface area contributed by atoms with Crippen molar-refractivity contribution >= 4 is 48.8 Å². The lowest BCUT2D eigenvalue weighted by Crippen LogP contribution is -2.34. The van der Waals surface area contributed by atoms with Gasteiger partial charge in [0.05, 0.1) is 15.6 Å². The Bertz CT molecular complexity index is 613. The van der Waals surface area contributed by atoms with Gasteiger partial charge in [0, 0.05) is 16.7 Å². The maximum absolute atomic E-state index is 12.2. The highest BCUT2D eigenvalue weighted by atomic mass is 35.7. The fourth-order valence-corrected chi connectivity index (χ4v) is 3.58. The van der Waals surface area contributed by atoms with Crippen molar-refractivity contribution in [3.63, 3.8) is 0 Å². The minimum absolute atomic E-state index is 0.0362. The van der Waals surface area contributed by atoms with Crippen molar-refractivity contribution in [2.75, 3.05) is 0 Å². The van der Waals surface area contributed by atoms with Crippen molar-refractivity contribution in [3.05, 3.63) is 27.7 Å². The maximum atomic E-state index is 12.2. The lowest BCUT2D eigenvalue weighted by atomic mass is 10.1. The van der Waals surface area contributed by atoms with Crippen LogP contribution < -0.4 is 5.32 Å². The molecule has 0 fully saturated rings. The molecule has 0 saturated heterocycles. The molecular weight excluding hydrogens is 345 g/mol. The van der Waals surface area contributed by atoms with Gasteiger partial charge in [-0.25, -0.2) is 8.42 Å². The second-order valence-electron chi connectivity index (χ2n) is 4.16. The molecule has 0 aliphatic heterocycles. The number of carbonyl (C=O) groups is 1. The largest absolute Gasteiger partial charge is 0.349 e. The molecule has 0 radical (unpaired) electrons. The van der Waals surface area contributed by atoms with E-state index in [4.69, 9.17) is 33.9 Å². The van der Waals surface area contributed by atoms with Crippen molar-refractivity contribution in [1.29, 1.82) is 0 Å². The Hall–Kier alpha value is -0.490. The Balaban J connectivity index is 3.28. The number of halogens is 3. The molecule has 20 heavy (non-hydrogen) atoms. The SMILES string of the molecule is CCC(CC)NC(=O)c1c(Cl)ccc(S(=O)(=O)Cl)c1Cl. The fourth-order valence-electron chi connectivity index (χ4n) is 1.68. The molecule has 1 aromatic carbocycles. The Labute approximate surface area is 132 Å². The lowest BCUT2D eigenvalue weighted by Gasteiger charge is -2.16. The van der Waals surface area contributed by atoms with E-state index in [1.807, 2.05) is 13.8 Å². The zero-order chi connectivity index (χ0) is 15.5. The minimum atomic E-state index is -4.04. The summed E-state index contributed by atoms with van der Waals surface area (Å²) in [6.07, 6.45) is 1.48. The van der Waals surface area contributed by atoms with E-state index in [0.29, 0.717) is 0 Å². The molecule has 0 spiro atoms. The second-order valence-corrected chi connectivity index (χ2v) is 7.48. The average Bonchev–Trinajstić information content (AvgIpc) is 2.34. The summed E-state index contributed by atoms with van der Waals surface area (Å²) in [6.45, 7) is 3.86. The summed E-state index contributed by atoms with van der Waals surface area (Å²) in [6, 6.07) is 2.41. The lowest BCUT2D eigenvalue weighted by molar-refractivity contribution is 0.0935. The molecule has 0 unspecified atom stereocenters. The van der Waals surface area contributed by atoms with Crippen LogP contribution in [0.25, 0.3) is 0 Å². The van der Waals surface area contributed by atoms with Crippen LogP contribution in [0.3, 0.4) is 0 Å². The van der Waals surface area contributed by atoms with Gasteiger partial charge in [-0.15, -0.1) is 0 Å². The van der Waals surface area contributed by atoms with E-state index >= 15 is 0 Å². The highest BCUT2D eigenvalue weighted by Crippen LogP contribution is 2.32. The van der Waals surface area contributed by atoms with Gasteiger partial charge in [0.15, 0.2) is 0 Å². The molecule has 0 aliphatic carbocycles. The van der Waals surface area contributed by atoms with Crippen LogP contribution in [0.2, 0.25) is 10.0 Å². The quantitative estimate of drug-likeness (QED) is 0.813. The first kappa shape index (κ1) is 17.6. The van der Waals surface area contributed by atoms with E-state index in [-0.39, 0.29) is 26.5 Å². The van der Waals surface area contributed by atoms with Gasteiger partial charge >= 0.3 is 0 Å². The monoisotopic (exact) mass is 357 g/mol. The first-order valence-corrected chi connectivity index (χ1v) is 9.02. The van der Waals surface area contributed by atoms with Crippen LogP contribution in [0.15, 0.2) is 17.0 Å². The van der Waals surface area contributed by atoms with Gasteiger partial charge in [0.25, 0.3) is 15.0 Å². The molecule has 1 rings (SSSR count). The average molecular weight is 359 g/mol. The molecule has 0 bridgehead atoms. The Morgan fingerprint density at radius 1 is 1.25 bits per heavy atom. The highest BCUT2D eigenvalue weighted by molar-refractivity contribution is 8.13. The summed E-state index contributed by atoms with van der Waals surface area (Å²) < 4.78 is 22.8. The van der Waals surface area contributed by atoms with Gasteiger partial charge in [-0.2, -0.15) is 0 Å². The molecule has 4 nitrogen and oxygen atoms in total. The predicted molar refractivity (Wildman–Crippen MR) is 81.3 cm³/mol. The molecule has 0 atom stereocenters. The number of hydrogen-bond acceptors (Lipinski definition) is 3. The van der Waals surface area contributed by atoms with Crippen molar-refractivity contribution < 1.29 is 13.2 Å². The van der Waals surface area contributed by atoms with E-state index in [1.165, 1.54) is 12.1 Å². The summed E-state index contributed by atoms with van der Waals surface area (Å²) in [7, 11) is 1.22. The fraction of sp³-hybridized carbons (Fsp3) is 0.417. The minimum Gasteiger partial charge on any atom is -0.349 e. The number of rotatable bonds is 5. The van der Waals surface area contributed by atoms with Crippen LogP contribution in [0.4, 0.5) is 0 Å². The van der Waals surface area contributed by atoms with Gasteiger partial charge < -0.3 is 5.32 Å². The van der Waals surface area contributed by atoms with Crippen LogP contribution in [-0.4, -0.2) is 20.4 Å². The van der Waals surface area contributed by atoms with E-state index in [2.05, 4.69) is 5.32 Å². The number of amides is 1. The zero-order valence-corrected chi connectivity index (χ0v) is 14.0. The molecule has 1 aromatic rings. The van der Waals surface area contributed by atoms with Gasteiger partial charge in [-0.05, 0) is 25.0 Å². The smallest absolute Gasteiger partial charge is 0.262 e. The molecule has 112 valence electrons. The van der Waals surface area contributed by atoms with Gasteiger partial charge in [-0.3, -0.25) is 4.79 Å². The molecular formula is C12H14Cl3NO3S. The normalized spacial score (nSPS) is 11.7. The molecule has 0 saturated carbocycles. The van der Waals surface area contributed by atoms with E-state index < -0.39 is 15.0 Å². The van der Waals surface area contributed by atoms with Crippen molar-refractivity contribution in [1.82, 2.24) is 5.32 Å². The van der Waals surface area contributed by atoms with Gasteiger partial charge in [0.2, 0.25) is 0 Å². The van der Waals surface area contributed by atoms with Gasteiger partial charge in [-0.1, -0.05) is 37.0 Å². The third kappa shape index (κ3) is 4.01. The Morgan fingerprint density at radius 3 is 2.25 bits per heavy atom. The van der Waals surface area contributed by atoms with Crippen LogP contribution in [0.5, 0.6) is 0 Å². The summed E-state index contributed by atoms with van der Waals surface area (Å²) in [4.78, 5) is 11.8. The summed E-state index contributed by atoms with van der Waals surface area (Å²) in [5, 5.41) is 2.55. The number of benzene rings is 1. The molecule has 8 heteroatoms. The van der Waals surface area contributed by atoms with Crippen molar-refractivity contribution in [2.45, 2.75) is 37.6 Å². The van der Waals surface area contributed by atoms with Crippen LogP contribution in [0.1, 0.15) is 37.0 Å². The molecule has 0 heterocycles. The third-order valence-corrected chi connectivity index (χ3v) is 5.05. The van der Waals surface area contributed by atoms with Crippen LogP contribution in [-0.2, 0) is 9.05 Å². The van der Waals surface area contributed by atoms with E-state index in [0.717, 1.165) is 12.8 Å². The highest BCUT2D eigenvalue weighted by Gasteiger charge is 2.24. The van der Waals surface area contributed by atoms with Crippen LogP contribution >= 0.6 is 33.9 Å². The van der Waals surface area contributed by atoms with Crippen molar-refractivity contribution in [3.8, 4) is 0 Å². The number of carbonyl (C=O) groups excluding carboxylic acids is 1. The molecule has 0 aromatic heterocycles. The zero-order valence-electron chi connectivity index (χ0n) is 10.9. The summed E-state index contributed by atoms with van der Waals surface area (Å²) in [5.41, 5.74) is -0.0815. The summed E-state index contributed by atoms with van der Waals surface area (Å²) >= 11 is 11.9. The number of hydrogen-bond donors (Lipinski definition) is 1. The third-order valence-electron chi connectivity index (χ3n) is 2.87. The Morgan fingerprint density at radius 2 is 1.80 bits per heavy atom. The topological polar surface area (TPSA) is 63.2 Å². The first-order valence-electron chi connectivity index (χ1n) is 5.95. The summed E-state index contributed by atoms with van der Waals surface area (Å²) in [5.74, 6) is -0.518. The second kappa shape index (κ2) is 6.98. The van der Waals surface area contributed by atoms with Crippen molar-refractivity contribution in [2.24, 2.45) is 0 Å². The molecule has 0 aliphatic rings. The standard InChI is InChI=1S/C12H14Cl3NO3S/c1-3-7(4-2)16-12(17)10-8(13)5-6-9(11(10)14)20(15,18)19/h5-7H,3-4H2,1-2H3,(H,16,17). The maximum Gasteiger partial charge on any atom is 0.262 e. The van der Waals surface area contributed by atoms with Gasteiger partial charge in [0.1, 0.15) is 4.90 Å². The van der Waals surface area contributed by atoms with E-state index in [9.17, 15) is 13.2 Å². The Kier molecular flexibility index (Phi) is 6.13.